The predicted octanol–water partition coefficient (Wildman–Crippen LogP) is 3.86. The van der Waals surface area contributed by atoms with Crippen molar-refractivity contribution in [3.8, 4) is 0 Å². The van der Waals surface area contributed by atoms with Crippen molar-refractivity contribution in [2.75, 3.05) is 17.2 Å². The molecule has 0 saturated heterocycles. The number of anilines is 2. The van der Waals surface area contributed by atoms with E-state index < -0.39 is 23.7 Å². The summed E-state index contributed by atoms with van der Waals surface area (Å²) >= 11 is 0. The molecule has 0 fully saturated rings. The van der Waals surface area contributed by atoms with Crippen molar-refractivity contribution in [2.24, 2.45) is 5.92 Å². The van der Waals surface area contributed by atoms with Crippen molar-refractivity contribution in [2.45, 2.75) is 33.3 Å². The molecule has 2 amide bonds. The molecule has 2 N–H and O–H groups in total. The predicted molar refractivity (Wildman–Crippen MR) is 102 cm³/mol. The van der Waals surface area contributed by atoms with Crippen LogP contribution in [0, 0.1) is 11.7 Å². The molecule has 6 nitrogen and oxygen atoms in total. The zero-order chi connectivity index (χ0) is 19.8. The summed E-state index contributed by atoms with van der Waals surface area (Å²) in [6.45, 7) is 6.22. The maximum absolute atomic E-state index is 13.6. The SMILES string of the molecule is CC(C)CCOC(C)C(=O)Nc1cc(F)ccc1NC(=O)c1ccccn1. The van der Waals surface area contributed by atoms with Crippen LogP contribution in [0.15, 0.2) is 42.6 Å². The maximum atomic E-state index is 13.6. The Morgan fingerprint density at radius 2 is 1.89 bits per heavy atom. The minimum Gasteiger partial charge on any atom is -0.369 e. The van der Waals surface area contributed by atoms with Crippen LogP contribution in [0.2, 0.25) is 0 Å². The molecule has 1 unspecified atom stereocenters. The molecular weight excluding hydrogens is 349 g/mol. The molecule has 2 rings (SSSR count). The highest BCUT2D eigenvalue weighted by molar-refractivity contribution is 6.06. The molecule has 7 heteroatoms. The molecule has 27 heavy (non-hydrogen) atoms. The topological polar surface area (TPSA) is 80.3 Å². The second-order valence-corrected chi connectivity index (χ2v) is 6.54. The third-order valence-electron chi connectivity index (χ3n) is 3.82. The lowest BCUT2D eigenvalue weighted by Gasteiger charge is -2.16. The van der Waals surface area contributed by atoms with Crippen LogP contribution in [0.25, 0.3) is 0 Å². The Kier molecular flexibility index (Phi) is 7.43. The molecule has 0 bridgehead atoms. The van der Waals surface area contributed by atoms with E-state index in [1.54, 1.807) is 25.1 Å². The van der Waals surface area contributed by atoms with E-state index in [9.17, 15) is 14.0 Å². The second kappa shape index (κ2) is 9.78. The van der Waals surface area contributed by atoms with Gasteiger partial charge in [0.1, 0.15) is 17.6 Å². The van der Waals surface area contributed by atoms with Gasteiger partial charge in [-0.05, 0) is 49.6 Å². The van der Waals surface area contributed by atoms with Gasteiger partial charge in [0.2, 0.25) is 0 Å². The summed E-state index contributed by atoms with van der Waals surface area (Å²) in [5.74, 6) is -0.942. The van der Waals surface area contributed by atoms with Crippen molar-refractivity contribution >= 4 is 23.2 Å². The fourth-order valence-corrected chi connectivity index (χ4v) is 2.20. The quantitative estimate of drug-likeness (QED) is 0.736. The number of nitrogens with zero attached hydrogens (tertiary/aromatic N) is 1. The van der Waals surface area contributed by atoms with Gasteiger partial charge in [-0.15, -0.1) is 0 Å². The molecule has 0 aliphatic heterocycles. The minimum atomic E-state index is -0.702. The van der Waals surface area contributed by atoms with E-state index >= 15 is 0 Å². The molecule has 0 aliphatic carbocycles. The Morgan fingerprint density at radius 3 is 2.56 bits per heavy atom. The number of aromatic nitrogens is 1. The molecule has 2 aromatic rings. The highest BCUT2D eigenvalue weighted by Gasteiger charge is 2.17. The first-order chi connectivity index (χ1) is 12.9. The number of amides is 2. The van der Waals surface area contributed by atoms with Gasteiger partial charge in [-0.25, -0.2) is 4.39 Å². The van der Waals surface area contributed by atoms with E-state index in [2.05, 4.69) is 29.5 Å². The fraction of sp³-hybridized carbons (Fsp3) is 0.350. The van der Waals surface area contributed by atoms with Crippen LogP contribution in [0.1, 0.15) is 37.7 Å². The smallest absolute Gasteiger partial charge is 0.274 e. The van der Waals surface area contributed by atoms with Crippen LogP contribution < -0.4 is 10.6 Å². The highest BCUT2D eigenvalue weighted by atomic mass is 19.1. The molecule has 1 heterocycles. The van der Waals surface area contributed by atoms with Crippen LogP contribution in [0.5, 0.6) is 0 Å². The first kappa shape index (κ1) is 20.5. The third-order valence-corrected chi connectivity index (χ3v) is 3.82. The van der Waals surface area contributed by atoms with Crippen LogP contribution in [0.4, 0.5) is 15.8 Å². The lowest BCUT2D eigenvalue weighted by atomic mass is 10.1. The molecule has 0 saturated carbocycles. The van der Waals surface area contributed by atoms with Crippen molar-refractivity contribution < 1.29 is 18.7 Å². The zero-order valence-corrected chi connectivity index (χ0v) is 15.7. The third kappa shape index (κ3) is 6.45. The van der Waals surface area contributed by atoms with Gasteiger partial charge in [0, 0.05) is 12.8 Å². The van der Waals surface area contributed by atoms with Crippen molar-refractivity contribution in [1.29, 1.82) is 0 Å². The lowest BCUT2D eigenvalue weighted by Crippen LogP contribution is -2.29. The number of hydrogen-bond donors (Lipinski definition) is 2. The number of nitrogens with one attached hydrogen (secondary N) is 2. The van der Waals surface area contributed by atoms with Crippen molar-refractivity contribution in [3.63, 3.8) is 0 Å². The lowest BCUT2D eigenvalue weighted by molar-refractivity contribution is -0.126. The Hall–Kier alpha value is -2.80. The van der Waals surface area contributed by atoms with E-state index in [1.165, 1.54) is 18.3 Å². The Labute approximate surface area is 158 Å². The van der Waals surface area contributed by atoms with Crippen LogP contribution in [0.3, 0.4) is 0 Å². The van der Waals surface area contributed by atoms with E-state index in [0.29, 0.717) is 12.5 Å². The van der Waals surface area contributed by atoms with Crippen molar-refractivity contribution in [3.05, 3.63) is 54.1 Å². The van der Waals surface area contributed by atoms with E-state index in [1.807, 2.05) is 0 Å². The van der Waals surface area contributed by atoms with Crippen LogP contribution in [-0.4, -0.2) is 29.5 Å². The van der Waals surface area contributed by atoms with Gasteiger partial charge < -0.3 is 15.4 Å². The van der Waals surface area contributed by atoms with Gasteiger partial charge in [0.25, 0.3) is 11.8 Å². The van der Waals surface area contributed by atoms with Crippen LogP contribution >= 0.6 is 0 Å². The van der Waals surface area contributed by atoms with Gasteiger partial charge in [-0.2, -0.15) is 0 Å². The number of hydrogen-bond acceptors (Lipinski definition) is 4. The maximum Gasteiger partial charge on any atom is 0.274 e. The number of benzene rings is 1. The van der Waals surface area contributed by atoms with Gasteiger partial charge in [-0.3, -0.25) is 14.6 Å². The second-order valence-electron chi connectivity index (χ2n) is 6.54. The summed E-state index contributed by atoms with van der Waals surface area (Å²) in [5.41, 5.74) is 0.642. The number of pyridine rings is 1. The van der Waals surface area contributed by atoms with Gasteiger partial charge in [-0.1, -0.05) is 19.9 Å². The van der Waals surface area contributed by atoms with E-state index in [0.717, 1.165) is 12.5 Å². The summed E-state index contributed by atoms with van der Waals surface area (Å²) in [6, 6.07) is 8.67. The molecule has 1 aromatic carbocycles. The fourth-order valence-electron chi connectivity index (χ4n) is 2.20. The Morgan fingerprint density at radius 1 is 1.11 bits per heavy atom. The number of carbonyl (C=O) groups is 2. The average Bonchev–Trinajstić information content (AvgIpc) is 2.64. The molecule has 144 valence electrons. The van der Waals surface area contributed by atoms with Gasteiger partial charge >= 0.3 is 0 Å². The molecule has 0 radical (unpaired) electrons. The summed E-state index contributed by atoms with van der Waals surface area (Å²) in [7, 11) is 0. The van der Waals surface area contributed by atoms with Gasteiger partial charge in [0.15, 0.2) is 0 Å². The minimum absolute atomic E-state index is 0.156. The zero-order valence-electron chi connectivity index (χ0n) is 15.7. The highest BCUT2D eigenvalue weighted by Crippen LogP contribution is 2.24. The van der Waals surface area contributed by atoms with Crippen LogP contribution in [-0.2, 0) is 9.53 Å². The summed E-state index contributed by atoms with van der Waals surface area (Å²) < 4.78 is 19.1. The van der Waals surface area contributed by atoms with E-state index in [-0.39, 0.29) is 17.1 Å². The monoisotopic (exact) mass is 373 g/mol. The van der Waals surface area contributed by atoms with E-state index in [4.69, 9.17) is 4.74 Å². The summed E-state index contributed by atoms with van der Waals surface area (Å²) in [5, 5.41) is 5.24. The van der Waals surface area contributed by atoms with Crippen molar-refractivity contribution in [1.82, 2.24) is 4.98 Å². The summed E-state index contributed by atoms with van der Waals surface area (Å²) in [6.07, 6.45) is 1.63. The molecule has 0 aliphatic rings. The largest absolute Gasteiger partial charge is 0.369 e. The Balaban J connectivity index is 2.06. The molecule has 1 atom stereocenters. The number of ether oxygens (including phenoxy) is 1. The molecule has 1 aromatic heterocycles. The Bertz CT molecular complexity index is 781. The number of carbonyl (C=O) groups excluding carboxylic acids is 2. The number of halogens is 1. The first-order valence-corrected chi connectivity index (χ1v) is 8.81. The first-order valence-electron chi connectivity index (χ1n) is 8.81. The normalized spacial score (nSPS) is 11.9. The number of rotatable bonds is 8. The molecule has 0 spiro atoms. The molecular formula is C20H24FN3O3. The summed E-state index contributed by atoms with van der Waals surface area (Å²) in [4.78, 5) is 28.6. The van der Waals surface area contributed by atoms with Gasteiger partial charge in [0.05, 0.1) is 11.4 Å². The average molecular weight is 373 g/mol. The standard InChI is InChI=1S/C20H24FN3O3/c1-13(2)9-11-27-14(3)19(25)24-18-12-15(21)7-8-16(18)23-20(26)17-6-4-5-10-22-17/h4-8,10,12-14H,9,11H2,1-3H3,(H,23,26)(H,24,25).